The van der Waals surface area contributed by atoms with Gasteiger partial charge in [0.25, 0.3) is 0 Å². The molecule has 0 saturated heterocycles. The van der Waals surface area contributed by atoms with E-state index in [1.807, 2.05) is 0 Å². The van der Waals surface area contributed by atoms with E-state index in [-0.39, 0.29) is 11.5 Å². The van der Waals surface area contributed by atoms with Gasteiger partial charge in [-0.15, -0.1) is 0 Å². The number of likely N-dealkylation sites (N-methyl/N-ethyl adjacent to an activating group) is 1. The summed E-state index contributed by atoms with van der Waals surface area (Å²) in [5.74, 6) is -0.224. The summed E-state index contributed by atoms with van der Waals surface area (Å²) in [6.07, 6.45) is 0. The van der Waals surface area contributed by atoms with Crippen LogP contribution in [0, 0.1) is 0 Å². The Kier molecular flexibility index (Phi) is 4.14. The molecule has 88 valence electrons. The van der Waals surface area contributed by atoms with Crippen molar-refractivity contribution in [3.63, 3.8) is 0 Å². The molecule has 0 aliphatic rings. The summed E-state index contributed by atoms with van der Waals surface area (Å²) in [7, 11) is 3.06. The topological polar surface area (TPSA) is 84.6 Å². The van der Waals surface area contributed by atoms with E-state index in [2.05, 4.69) is 21.2 Å². The summed E-state index contributed by atoms with van der Waals surface area (Å²) >= 11 is 3.17. The van der Waals surface area contributed by atoms with Crippen LogP contribution in [0.3, 0.4) is 0 Å². The number of hydrogen-bond acceptors (Lipinski definition) is 4. The van der Waals surface area contributed by atoms with Crippen molar-refractivity contribution in [2.24, 2.45) is 5.73 Å². The normalized spacial score (nSPS) is 12.2. The molecule has 0 spiro atoms. The third-order valence-corrected chi connectivity index (χ3v) is 2.78. The van der Waals surface area contributed by atoms with Gasteiger partial charge in [-0.25, -0.2) is 0 Å². The molecule has 1 amide bonds. The molecule has 0 aromatic heterocycles. The predicted octanol–water partition coefficient (Wildman–Crippen LogP) is 0.909. The third kappa shape index (κ3) is 2.45. The van der Waals surface area contributed by atoms with Crippen LogP contribution in [0.1, 0.15) is 11.6 Å². The minimum atomic E-state index is -0.620. The van der Waals surface area contributed by atoms with Crippen molar-refractivity contribution in [2.75, 3.05) is 14.2 Å². The van der Waals surface area contributed by atoms with Crippen molar-refractivity contribution in [3.05, 3.63) is 22.2 Å². The minimum Gasteiger partial charge on any atom is -0.503 e. The molecule has 1 aromatic rings. The first-order chi connectivity index (χ1) is 7.51. The van der Waals surface area contributed by atoms with Crippen LogP contribution in [0.4, 0.5) is 0 Å². The van der Waals surface area contributed by atoms with Crippen molar-refractivity contribution in [1.29, 1.82) is 0 Å². The molecule has 0 aliphatic carbocycles. The van der Waals surface area contributed by atoms with Gasteiger partial charge in [-0.3, -0.25) is 4.79 Å². The molecule has 4 N–H and O–H groups in total. The molecular weight excluding hydrogens is 276 g/mol. The van der Waals surface area contributed by atoms with Gasteiger partial charge in [-0.2, -0.15) is 0 Å². The molecule has 1 unspecified atom stereocenters. The van der Waals surface area contributed by atoms with Gasteiger partial charge in [0.05, 0.1) is 11.6 Å². The Balaban J connectivity index is 3.24. The van der Waals surface area contributed by atoms with Crippen LogP contribution in [0.25, 0.3) is 0 Å². The Labute approximate surface area is 102 Å². The van der Waals surface area contributed by atoms with E-state index in [1.54, 1.807) is 19.2 Å². The zero-order valence-corrected chi connectivity index (χ0v) is 10.5. The zero-order valence-electron chi connectivity index (χ0n) is 8.95. The first-order valence-corrected chi connectivity index (χ1v) is 5.33. The number of methoxy groups -OCH3 is 1. The highest BCUT2D eigenvalue weighted by Crippen LogP contribution is 2.36. The van der Waals surface area contributed by atoms with Crippen LogP contribution in [-0.4, -0.2) is 25.2 Å². The number of phenolic OH excluding ortho intramolecular Hbond substituents is 1. The minimum absolute atomic E-state index is 0.00873. The van der Waals surface area contributed by atoms with Gasteiger partial charge in [0, 0.05) is 0 Å². The van der Waals surface area contributed by atoms with Crippen molar-refractivity contribution >= 4 is 21.8 Å². The Morgan fingerprint density at radius 2 is 2.25 bits per heavy atom. The van der Waals surface area contributed by atoms with Gasteiger partial charge < -0.3 is 20.9 Å². The number of rotatable bonds is 4. The number of nitrogens with one attached hydrogen (secondary N) is 1. The highest BCUT2D eigenvalue weighted by atomic mass is 79.9. The molecule has 0 fully saturated rings. The number of ether oxygens (including phenoxy) is 1. The van der Waals surface area contributed by atoms with E-state index in [4.69, 9.17) is 10.5 Å². The smallest absolute Gasteiger partial charge is 0.239 e. The summed E-state index contributed by atoms with van der Waals surface area (Å²) in [5, 5.41) is 12.4. The molecular formula is C10H13BrN2O3. The number of halogens is 1. The van der Waals surface area contributed by atoms with Crippen LogP contribution < -0.4 is 15.8 Å². The van der Waals surface area contributed by atoms with Gasteiger partial charge in [-0.05, 0) is 40.7 Å². The molecule has 16 heavy (non-hydrogen) atoms. The second-order valence-corrected chi connectivity index (χ2v) is 4.03. The lowest BCUT2D eigenvalue weighted by Crippen LogP contribution is -2.31. The molecule has 0 saturated carbocycles. The van der Waals surface area contributed by atoms with Gasteiger partial charge >= 0.3 is 0 Å². The fraction of sp³-hybridized carbons (Fsp3) is 0.300. The lowest BCUT2D eigenvalue weighted by molar-refractivity contribution is -0.120. The molecule has 5 nitrogen and oxygen atoms in total. The fourth-order valence-corrected chi connectivity index (χ4v) is 1.85. The lowest BCUT2D eigenvalue weighted by Gasteiger charge is -2.15. The second-order valence-electron chi connectivity index (χ2n) is 3.18. The molecule has 1 aromatic carbocycles. The zero-order chi connectivity index (χ0) is 12.3. The highest BCUT2D eigenvalue weighted by molar-refractivity contribution is 9.10. The van der Waals surface area contributed by atoms with E-state index in [0.29, 0.717) is 10.0 Å². The second kappa shape index (κ2) is 5.18. The fourth-order valence-electron chi connectivity index (χ4n) is 1.39. The Morgan fingerprint density at radius 1 is 1.62 bits per heavy atom. The maximum atomic E-state index is 11.2. The summed E-state index contributed by atoms with van der Waals surface area (Å²) < 4.78 is 5.43. The van der Waals surface area contributed by atoms with Crippen molar-refractivity contribution in [1.82, 2.24) is 5.32 Å². The SMILES string of the molecule is CNC(C(N)=O)c1cc(Br)c(O)c(OC)c1. The van der Waals surface area contributed by atoms with Crippen LogP contribution in [0.2, 0.25) is 0 Å². The first-order valence-electron chi connectivity index (χ1n) is 4.54. The summed E-state index contributed by atoms with van der Waals surface area (Å²) in [6.45, 7) is 0. The number of carbonyl (C=O) groups is 1. The maximum Gasteiger partial charge on any atom is 0.239 e. The number of nitrogens with two attached hydrogens (primary N) is 1. The largest absolute Gasteiger partial charge is 0.503 e. The van der Waals surface area contributed by atoms with Crippen molar-refractivity contribution < 1.29 is 14.6 Å². The van der Waals surface area contributed by atoms with Crippen molar-refractivity contribution in [3.8, 4) is 11.5 Å². The lowest BCUT2D eigenvalue weighted by atomic mass is 10.1. The molecule has 0 bridgehead atoms. The number of benzene rings is 1. The number of phenols is 1. The number of amides is 1. The Bertz CT molecular complexity index is 409. The van der Waals surface area contributed by atoms with E-state index in [9.17, 15) is 9.90 Å². The highest BCUT2D eigenvalue weighted by Gasteiger charge is 2.19. The molecule has 6 heteroatoms. The predicted molar refractivity (Wildman–Crippen MR) is 63.4 cm³/mol. The summed E-state index contributed by atoms with van der Waals surface area (Å²) in [5.41, 5.74) is 5.86. The third-order valence-electron chi connectivity index (χ3n) is 2.18. The molecule has 1 atom stereocenters. The summed E-state index contributed by atoms with van der Waals surface area (Å²) in [6, 6.07) is 2.56. The number of aromatic hydroxyl groups is 1. The maximum absolute atomic E-state index is 11.2. The molecule has 0 aliphatic heterocycles. The molecule has 0 radical (unpaired) electrons. The first kappa shape index (κ1) is 12.8. The quantitative estimate of drug-likeness (QED) is 0.769. The van der Waals surface area contributed by atoms with E-state index < -0.39 is 11.9 Å². The van der Waals surface area contributed by atoms with E-state index in [1.165, 1.54) is 7.11 Å². The Hall–Kier alpha value is -1.27. The van der Waals surface area contributed by atoms with Crippen molar-refractivity contribution in [2.45, 2.75) is 6.04 Å². The number of hydrogen-bond donors (Lipinski definition) is 3. The van der Waals surface area contributed by atoms with Gasteiger partial charge in [-0.1, -0.05) is 0 Å². The summed E-state index contributed by atoms with van der Waals surface area (Å²) in [4.78, 5) is 11.2. The van der Waals surface area contributed by atoms with Crippen LogP contribution >= 0.6 is 15.9 Å². The number of primary amides is 1. The van der Waals surface area contributed by atoms with Gasteiger partial charge in [0.15, 0.2) is 11.5 Å². The average Bonchev–Trinajstić information content (AvgIpc) is 2.23. The monoisotopic (exact) mass is 288 g/mol. The van der Waals surface area contributed by atoms with Gasteiger partial charge in [0.2, 0.25) is 5.91 Å². The molecule has 1 rings (SSSR count). The number of carbonyl (C=O) groups excluding carboxylic acids is 1. The van der Waals surface area contributed by atoms with Crippen LogP contribution in [0.15, 0.2) is 16.6 Å². The molecule has 0 heterocycles. The van der Waals surface area contributed by atoms with Gasteiger partial charge in [0.1, 0.15) is 6.04 Å². The van der Waals surface area contributed by atoms with E-state index in [0.717, 1.165) is 0 Å². The standard InChI is InChI=1S/C10H13BrN2O3/c1-13-8(10(12)15)5-3-6(11)9(14)7(4-5)16-2/h3-4,8,13-14H,1-2H3,(H2,12,15). The average molecular weight is 289 g/mol. The van der Waals surface area contributed by atoms with Crippen LogP contribution in [-0.2, 0) is 4.79 Å². The Morgan fingerprint density at radius 3 is 2.69 bits per heavy atom. The van der Waals surface area contributed by atoms with Crippen LogP contribution in [0.5, 0.6) is 11.5 Å². The van der Waals surface area contributed by atoms with E-state index >= 15 is 0 Å².